The van der Waals surface area contributed by atoms with E-state index in [1.165, 1.54) is 0 Å². The van der Waals surface area contributed by atoms with Crippen LogP contribution in [0.2, 0.25) is 0 Å². The zero-order valence-electron chi connectivity index (χ0n) is 13.9. The number of hydrogen-bond donors (Lipinski definition) is 0. The maximum Gasteiger partial charge on any atom is 0.245 e. The van der Waals surface area contributed by atoms with E-state index in [4.69, 9.17) is 0 Å². The Balaban J connectivity index is 2.28. The molecule has 0 radical (unpaired) electrons. The van der Waals surface area contributed by atoms with Gasteiger partial charge in [-0.15, -0.1) is 0 Å². The van der Waals surface area contributed by atoms with E-state index in [1.807, 2.05) is 0 Å². The fraction of sp³-hybridized carbons (Fsp3) is 0.625. The first-order valence-corrected chi connectivity index (χ1v) is 10.5. The van der Waals surface area contributed by atoms with Gasteiger partial charge in [-0.1, -0.05) is 45.6 Å². The van der Waals surface area contributed by atoms with E-state index >= 15 is 0 Å². The number of unbranched alkanes of at least 4 members (excludes halogenated alkanes) is 4. The maximum absolute atomic E-state index is 13.1. The predicted molar refractivity (Wildman–Crippen MR) is 95.2 cm³/mol. The Hall–Kier alpha value is -1.05. The van der Waals surface area contributed by atoms with Gasteiger partial charge in [-0.05, 0) is 25.0 Å². The molecule has 0 bridgehead atoms. The molecule has 1 aromatic heterocycles. The lowest BCUT2D eigenvalue weighted by Crippen LogP contribution is -2.33. The molecule has 2 rings (SSSR count). The number of aromatic nitrogens is 2. The zero-order chi connectivity index (χ0) is 16.7. The smallest absolute Gasteiger partial charge is 0.207 e. The largest absolute Gasteiger partial charge is 0.245 e. The van der Waals surface area contributed by atoms with Crippen molar-refractivity contribution in [1.29, 1.82) is 0 Å². The van der Waals surface area contributed by atoms with Crippen molar-refractivity contribution in [3.8, 4) is 0 Å². The fourth-order valence-corrected chi connectivity index (χ4v) is 4.83. The summed E-state index contributed by atoms with van der Waals surface area (Å²) in [5, 5.41) is 0. The molecule has 0 saturated carbocycles. The first kappa shape index (κ1) is 18.3. The van der Waals surface area contributed by atoms with Gasteiger partial charge in [-0.25, -0.2) is 8.42 Å². The summed E-state index contributed by atoms with van der Waals surface area (Å²) >= 11 is 1.05. The second kappa shape index (κ2) is 8.70. The molecule has 0 spiro atoms. The highest BCUT2D eigenvalue weighted by molar-refractivity contribution is 7.89. The number of benzene rings is 1. The molecule has 23 heavy (non-hydrogen) atoms. The van der Waals surface area contributed by atoms with E-state index in [-0.39, 0.29) is 4.90 Å². The third-order valence-electron chi connectivity index (χ3n) is 3.89. The van der Waals surface area contributed by atoms with Gasteiger partial charge in [0.1, 0.15) is 15.9 Å². The van der Waals surface area contributed by atoms with Gasteiger partial charge in [-0.3, -0.25) is 0 Å². The van der Waals surface area contributed by atoms with E-state index in [1.54, 1.807) is 22.5 Å². The van der Waals surface area contributed by atoms with Crippen LogP contribution in [0, 0.1) is 0 Å². The van der Waals surface area contributed by atoms with Gasteiger partial charge in [0, 0.05) is 13.1 Å². The minimum atomic E-state index is -3.52. The SMILES string of the molecule is CCCCCN(CCCCC)S(=O)(=O)c1cccc2nsnc12. The molecule has 0 atom stereocenters. The summed E-state index contributed by atoms with van der Waals surface area (Å²) < 4.78 is 36.2. The Labute approximate surface area is 143 Å². The highest BCUT2D eigenvalue weighted by Crippen LogP contribution is 2.25. The van der Waals surface area contributed by atoms with Crippen LogP contribution < -0.4 is 0 Å². The van der Waals surface area contributed by atoms with Crippen molar-refractivity contribution in [2.75, 3.05) is 13.1 Å². The summed E-state index contributed by atoms with van der Waals surface area (Å²) in [5.74, 6) is 0. The van der Waals surface area contributed by atoms with Crippen molar-refractivity contribution in [2.45, 2.75) is 57.3 Å². The molecule has 0 aliphatic heterocycles. The van der Waals surface area contributed by atoms with E-state index in [0.717, 1.165) is 50.3 Å². The fourth-order valence-electron chi connectivity index (χ4n) is 2.56. The lowest BCUT2D eigenvalue weighted by molar-refractivity contribution is 0.389. The average Bonchev–Trinajstić information content (AvgIpc) is 3.02. The average molecular weight is 356 g/mol. The van der Waals surface area contributed by atoms with Crippen LogP contribution in [0.1, 0.15) is 52.4 Å². The van der Waals surface area contributed by atoms with Crippen molar-refractivity contribution >= 4 is 32.8 Å². The van der Waals surface area contributed by atoms with E-state index < -0.39 is 10.0 Å². The van der Waals surface area contributed by atoms with Crippen LogP contribution in [-0.2, 0) is 10.0 Å². The Morgan fingerprint density at radius 1 is 1.00 bits per heavy atom. The number of rotatable bonds is 10. The molecule has 0 unspecified atom stereocenters. The summed E-state index contributed by atoms with van der Waals surface area (Å²) in [4.78, 5) is 0.289. The zero-order valence-corrected chi connectivity index (χ0v) is 15.5. The number of fused-ring (bicyclic) bond motifs is 1. The lowest BCUT2D eigenvalue weighted by Gasteiger charge is -2.22. The molecule has 0 saturated heterocycles. The van der Waals surface area contributed by atoms with Crippen molar-refractivity contribution in [3.05, 3.63) is 18.2 Å². The minimum absolute atomic E-state index is 0.289. The second-order valence-corrected chi connectivity index (χ2v) is 8.14. The maximum atomic E-state index is 13.1. The summed E-state index contributed by atoms with van der Waals surface area (Å²) in [7, 11) is -3.52. The summed E-state index contributed by atoms with van der Waals surface area (Å²) in [6.45, 7) is 5.40. The third-order valence-corrected chi connectivity index (χ3v) is 6.36. The molecule has 5 nitrogen and oxygen atoms in total. The van der Waals surface area contributed by atoms with Crippen LogP contribution in [0.15, 0.2) is 23.1 Å². The van der Waals surface area contributed by atoms with Crippen molar-refractivity contribution in [3.63, 3.8) is 0 Å². The Bertz CT molecular complexity index is 703. The highest BCUT2D eigenvalue weighted by atomic mass is 32.2. The predicted octanol–water partition coefficient (Wildman–Crippen LogP) is 4.06. The van der Waals surface area contributed by atoms with Crippen molar-refractivity contribution in [1.82, 2.24) is 13.1 Å². The first-order valence-electron chi connectivity index (χ1n) is 8.32. The monoisotopic (exact) mass is 355 g/mol. The molecule has 0 fully saturated rings. The molecule has 0 N–H and O–H groups in total. The topological polar surface area (TPSA) is 63.2 Å². The number of nitrogens with zero attached hydrogens (tertiary/aromatic N) is 3. The van der Waals surface area contributed by atoms with Crippen LogP contribution >= 0.6 is 11.7 Å². The third kappa shape index (κ3) is 4.49. The molecule has 1 aromatic carbocycles. The van der Waals surface area contributed by atoms with Gasteiger partial charge in [0.25, 0.3) is 0 Å². The van der Waals surface area contributed by atoms with Crippen LogP contribution in [-0.4, -0.2) is 34.6 Å². The summed E-state index contributed by atoms with van der Waals surface area (Å²) in [5.41, 5.74) is 1.15. The standard InChI is InChI=1S/C16H25N3O2S2/c1-3-5-7-12-19(13-8-6-4-2)23(20,21)15-11-9-10-14-16(15)18-22-17-14/h9-11H,3-8,12-13H2,1-2H3. The molecule has 0 aliphatic rings. The van der Waals surface area contributed by atoms with Gasteiger partial charge in [0.05, 0.1) is 11.7 Å². The molecule has 0 aliphatic carbocycles. The molecule has 1 heterocycles. The van der Waals surface area contributed by atoms with Gasteiger partial charge < -0.3 is 0 Å². The van der Waals surface area contributed by atoms with Gasteiger partial charge in [-0.2, -0.15) is 13.1 Å². The number of hydrogen-bond acceptors (Lipinski definition) is 5. The molecular formula is C16H25N3O2S2. The van der Waals surface area contributed by atoms with Gasteiger partial charge in [0.2, 0.25) is 10.0 Å². The van der Waals surface area contributed by atoms with Crippen LogP contribution in [0.3, 0.4) is 0 Å². The van der Waals surface area contributed by atoms with Crippen molar-refractivity contribution in [2.24, 2.45) is 0 Å². The van der Waals surface area contributed by atoms with Crippen LogP contribution in [0.25, 0.3) is 11.0 Å². The number of sulfonamides is 1. The lowest BCUT2D eigenvalue weighted by atomic mass is 10.2. The van der Waals surface area contributed by atoms with E-state index in [9.17, 15) is 8.42 Å². The van der Waals surface area contributed by atoms with Gasteiger partial charge in [0.15, 0.2) is 0 Å². The second-order valence-electron chi connectivity index (χ2n) is 5.71. The van der Waals surface area contributed by atoms with Crippen LogP contribution in [0.4, 0.5) is 0 Å². The first-order chi connectivity index (χ1) is 11.1. The minimum Gasteiger partial charge on any atom is -0.207 e. The van der Waals surface area contributed by atoms with Gasteiger partial charge >= 0.3 is 0 Å². The Morgan fingerprint density at radius 3 is 2.26 bits per heavy atom. The highest BCUT2D eigenvalue weighted by Gasteiger charge is 2.26. The summed E-state index contributed by atoms with van der Waals surface area (Å²) in [6.07, 6.45) is 6.04. The Morgan fingerprint density at radius 2 is 1.65 bits per heavy atom. The Kier molecular flexibility index (Phi) is 6.92. The molecule has 0 amide bonds. The van der Waals surface area contributed by atoms with E-state index in [0.29, 0.717) is 24.1 Å². The molecular weight excluding hydrogens is 330 g/mol. The molecule has 128 valence electrons. The quantitative estimate of drug-likeness (QED) is 0.603. The molecule has 2 aromatic rings. The van der Waals surface area contributed by atoms with E-state index in [2.05, 4.69) is 22.6 Å². The normalized spacial score (nSPS) is 12.3. The van der Waals surface area contributed by atoms with Crippen molar-refractivity contribution < 1.29 is 8.42 Å². The molecule has 7 heteroatoms. The van der Waals surface area contributed by atoms with Crippen LogP contribution in [0.5, 0.6) is 0 Å². The summed E-state index contributed by atoms with van der Waals surface area (Å²) in [6, 6.07) is 5.19.